The molecule has 0 saturated heterocycles. The van der Waals surface area contributed by atoms with Gasteiger partial charge >= 0.3 is 0 Å². The molecule has 0 aliphatic carbocycles. The number of hydrogen-bond acceptors (Lipinski definition) is 4. The molecule has 23 heavy (non-hydrogen) atoms. The summed E-state index contributed by atoms with van der Waals surface area (Å²) >= 11 is 0. The van der Waals surface area contributed by atoms with Crippen molar-refractivity contribution in [1.82, 2.24) is 5.32 Å². The van der Waals surface area contributed by atoms with Gasteiger partial charge in [-0.2, -0.15) is 0 Å². The van der Waals surface area contributed by atoms with Crippen molar-refractivity contribution in [3.8, 4) is 0 Å². The quantitative estimate of drug-likeness (QED) is 0.807. The Labute approximate surface area is 135 Å². The molecule has 0 aliphatic heterocycles. The maximum atomic E-state index is 12.2. The van der Waals surface area contributed by atoms with Gasteiger partial charge in [0.1, 0.15) is 12.0 Å². The molecular weight excluding hydrogens is 294 g/mol. The van der Waals surface area contributed by atoms with Crippen molar-refractivity contribution in [2.24, 2.45) is 5.73 Å². The van der Waals surface area contributed by atoms with Gasteiger partial charge in [0.25, 0.3) is 11.8 Å². The predicted molar refractivity (Wildman–Crippen MR) is 88.2 cm³/mol. The zero-order chi connectivity index (χ0) is 17.0. The highest BCUT2D eigenvalue weighted by molar-refractivity contribution is 6.05. The van der Waals surface area contributed by atoms with Gasteiger partial charge in [-0.15, -0.1) is 0 Å². The summed E-state index contributed by atoms with van der Waals surface area (Å²) in [5, 5.41) is 5.61. The maximum absolute atomic E-state index is 12.2. The van der Waals surface area contributed by atoms with Crippen LogP contribution in [0.5, 0.6) is 0 Å². The summed E-state index contributed by atoms with van der Waals surface area (Å²) in [7, 11) is 0. The lowest BCUT2D eigenvalue weighted by atomic mass is 10.1. The first-order chi connectivity index (χ1) is 10.8. The Balaban J connectivity index is 2.10. The minimum atomic E-state index is -0.328. The van der Waals surface area contributed by atoms with Crippen LogP contribution in [0, 0.1) is 0 Å². The Morgan fingerprint density at radius 1 is 1.13 bits per heavy atom. The standard InChI is InChI=1S/C17H21N3O3/c1-17(2,3)20-16(22)11-5-4-6-13(7-11)19-15(21)12-8-14(9-18)23-10-12/h4-8,10H,9,18H2,1-3H3,(H,19,21)(H,20,22). The van der Waals surface area contributed by atoms with Crippen LogP contribution in [0.15, 0.2) is 41.0 Å². The van der Waals surface area contributed by atoms with E-state index in [0.29, 0.717) is 22.6 Å². The molecule has 0 atom stereocenters. The Hall–Kier alpha value is -2.60. The van der Waals surface area contributed by atoms with Gasteiger partial charge in [-0.25, -0.2) is 0 Å². The number of carbonyl (C=O) groups excluding carboxylic acids is 2. The van der Waals surface area contributed by atoms with Crippen LogP contribution in [0.3, 0.4) is 0 Å². The first-order valence-corrected chi connectivity index (χ1v) is 7.30. The summed E-state index contributed by atoms with van der Waals surface area (Å²) in [5.74, 6) is 0.0256. The molecule has 0 aliphatic rings. The molecule has 1 aromatic carbocycles. The van der Waals surface area contributed by atoms with Crippen LogP contribution in [0.2, 0.25) is 0 Å². The molecule has 0 bridgehead atoms. The van der Waals surface area contributed by atoms with E-state index >= 15 is 0 Å². The van der Waals surface area contributed by atoms with Crippen molar-refractivity contribution in [3.05, 3.63) is 53.5 Å². The summed E-state index contributed by atoms with van der Waals surface area (Å²) in [6, 6.07) is 8.35. The summed E-state index contributed by atoms with van der Waals surface area (Å²) in [5.41, 5.74) is 6.52. The molecule has 0 spiro atoms. The van der Waals surface area contributed by atoms with E-state index in [9.17, 15) is 9.59 Å². The summed E-state index contributed by atoms with van der Waals surface area (Å²) < 4.78 is 5.14. The lowest BCUT2D eigenvalue weighted by Gasteiger charge is -2.20. The second-order valence-corrected chi connectivity index (χ2v) is 6.24. The topological polar surface area (TPSA) is 97.4 Å². The smallest absolute Gasteiger partial charge is 0.258 e. The van der Waals surface area contributed by atoms with Crippen molar-refractivity contribution in [1.29, 1.82) is 0 Å². The van der Waals surface area contributed by atoms with Gasteiger partial charge in [0.15, 0.2) is 0 Å². The van der Waals surface area contributed by atoms with E-state index in [0.717, 1.165) is 0 Å². The largest absolute Gasteiger partial charge is 0.467 e. The summed E-state index contributed by atoms with van der Waals surface area (Å²) in [6.45, 7) is 5.95. The van der Waals surface area contributed by atoms with Crippen molar-refractivity contribution >= 4 is 17.5 Å². The Morgan fingerprint density at radius 3 is 2.48 bits per heavy atom. The van der Waals surface area contributed by atoms with E-state index in [4.69, 9.17) is 10.2 Å². The summed E-state index contributed by atoms with van der Waals surface area (Å²) in [4.78, 5) is 24.3. The minimum Gasteiger partial charge on any atom is -0.467 e. The minimum absolute atomic E-state index is 0.192. The average molecular weight is 315 g/mol. The average Bonchev–Trinajstić information content (AvgIpc) is 2.95. The molecule has 6 heteroatoms. The van der Waals surface area contributed by atoms with Gasteiger partial charge in [0.2, 0.25) is 0 Å². The van der Waals surface area contributed by atoms with Crippen molar-refractivity contribution in [2.75, 3.05) is 5.32 Å². The first-order valence-electron chi connectivity index (χ1n) is 7.30. The van der Waals surface area contributed by atoms with E-state index in [-0.39, 0.29) is 23.9 Å². The highest BCUT2D eigenvalue weighted by atomic mass is 16.3. The van der Waals surface area contributed by atoms with Gasteiger partial charge in [-0.1, -0.05) is 6.07 Å². The zero-order valence-corrected chi connectivity index (χ0v) is 13.5. The highest BCUT2D eigenvalue weighted by Gasteiger charge is 2.16. The van der Waals surface area contributed by atoms with Gasteiger partial charge < -0.3 is 20.8 Å². The van der Waals surface area contributed by atoms with Crippen LogP contribution in [0.4, 0.5) is 5.69 Å². The molecule has 2 aromatic rings. The van der Waals surface area contributed by atoms with Crippen LogP contribution in [-0.4, -0.2) is 17.4 Å². The fourth-order valence-corrected chi connectivity index (χ4v) is 1.96. The third kappa shape index (κ3) is 4.69. The molecule has 1 aromatic heterocycles. The van der Waals surface area contributed by atoms with Gasteiger partial charge in [-0.05, 0) is 45.0 Å². The molecule has 122 valence electrons. The molecule has 2 rings (SSSR count). The van der Waals surface area contributed by atoms with Crippen LogP contribution in [-0.2, 0) is 6.54 Å². The number of nitrogens with one attached hydrogen (secondary N) is 2. The second-order valence-electron chi connectivity index (χ2n) is 6.24. The predicted octanol–water partition coefficient (Wildman–Crippen LogP) is 2.52. The van der Waals surface area contributed by atoms with Crippen molar-refractivity contribution in [2.45, 2.75) is 32.9 Å². The number of nitrogens with two attached hydrogens (primary N) is 1. The second kappa shape index (κ2) is 6.66. The zero-order valence-electron chi connectivity index (χ0n) is 13.5. The molecular formula is C17H21N3O3. The molecule has 0 radical (unpaired) electrons. The Bertz CT molecular complexity index is 714. The van der Waals surface area contributed by atoms with Crippen LogP contribution in [0.25, 0.3) is 0 Å². The van der Waals surface area contributed by atoms with Crippen LogP contribution >= 0.6 is 0 Å². The van der Waals surface area contributed by atoms with Crippen LogP contribution in [0.1, 0.15) is 47.2 Å². The molecule has 0 fully saturated rings. The number of rotatable bonds is 4. The highest BCUT2D eigenvalue weighted by Crippen LogP contribution is 2.15. The fraction of sp³-hybridized carbons (Fsp3) is 0.294. The lowest BCUT2D eigenvalue weighted by molar-refractivity contribution is 0.0918. The maximum Gasteiger partial charge on any atom is 0.258 e. The Kier molecular flexibility index (Phi) is 4.86. The normalized spacial score (nSPS) is 11.1. The molecule has 4 N–H and O–H groups in total. The molecule has 0 saturated carbocycles. The van der Waals surface area contributed by atoms with E-state index in [1.807, 2.05) is 20.8 Å². The first kappa shape index (κ1) is 16.8. The van der Waals surface area contributed by atoms with Gasteiger partial charge in [-0.3, -0.25) is 9.59 Å². The molecule has 1 heterocycles. The van der Waals surface area contributed by atoms with Crippen molar-refractivity contribution < 1.29 is 14.0 Å². The van der Waals surface area contributed by atoms with E-state index in [1.165, 1.54) is 6.26 Å². The van der Waals surface area contributed by atoms with E-state index in [1.54, 1.807) is 30.3 Å². The van der Waals surface area contributed by atoms with Gasteiger partial charge in [0, 0.05) is 16.8 Å². The number of amides is 2. The number of furan rings is 1. The number of anilines is 1. The van der Waals surface area contributed by atoms with E-state index < -0.39 is 0 Å². The summed E-state index contributed by atoms with van der Waals surface area (Å²) in [6.07, 6.45) is 1.35. The van der Waals surface area contributed by atoms with Crippen LogP contribution < -0.4 is 16.4 Å². The lowest BCUT2D eigenvalue weighted by Crippen LogP contribution is -2.40. The van der Waals surface area contributed by atoms with Gasteiger partial charge in [0.05, 0.1) is 12.1 Å². The SMILES string of the molecule is CC(C)(C)NC(=O)c1cccc(NC(=O)c2coc(CN)c2)c1. The number of hydrogen-bond donors (Lipinski definition) is 3. The Morgan fingerprint density at radius 2 is 1.87 bits per heavy atom. The number of benzene rings is 1. The van der Waals surface area contributed by atoms with E-state index in [2.05, 4.69) is 10.6 Å². The monoisotopic (exact) mass is 315 g/mol. The molecule has 2 amide bonds. The third-order valence-electron chi connectivity index (χ3n) is 2.99. The fourth-order valence-electron chi connectivity index (χ4n) is 1.96. The molecule has 6 nitrogen and oxygen atoms in total. The number of carbonyl (C=O) groups is 2. The molecule has 0 unspecified atom stereocenters. The third-order valence-corrected chi connectivity index (χ3v) is 2.99. The van der Waals surface area contributed by atoms with Crippen molar-refractivity contribution in [3.63, 3.8) is 0 Å².